The third-order valence-electron chi connectivity index (χ3n) is 7.47. The van der Waals surface area contributed by atoms with E-state index in [2.05, 4.69) is 49.4 Å². The van der Waals surface area contributed by atoms with Gasteiger partial charge in [0.15, 0.2) is 0 Å². The lowest BCUT2D eigenvalue weighted by atomic mass is 9.97. The molecule has 0 aromatic heterocycles. The Kier molecular flexibility index (Phi) is 7.52. The van der Waals surface area contributed by atoms with Crippen LogP contribution in [0.1, 0.15) is 46.9 Å². The van der Waals surface area contributed by atoms with Crippen LogP contribution in [0.15, 0.2) is 109 Å². The molecule has 0 unspecified atom stereocenters. The van der Waals surface area contributed by atoms with Gasteiger partial charge in [-0.15, -0.1) is 0 Å². The quantitative estimate of drug-likeness (QED) is 0.142. The van der Waals surface area contributed by atoms with Crippen molar-refractivity contribution in [1.29, 1.82) is 0 Å². The highest BCUT2D eigenvalue weighted by atomic mass is 32.2. The van der Waals surface area contributed by atoms with Crippen LogP contribution in [0.3, 0.4) is 0 Å². The van der Waals surface area contributed by atoms with Gasteiger partial charge in [0.25, 0.3) is 0 Å². The molecule has 6 rings (SSSR count). The van der Waals surface area contributed by atoms with E-state index < -0.39 is 0 Å². The van der Waals surface area contributed by atoms with Crippen LogP contribution < -0.4 is 0 Å². The number of fused-ring (bicyclic) bond motifs is 4. The van der Waals surface area contributed by atoms with E-state index in [9.17, 15) is 9.59 Å². The van der Waals surface area contributed by atoms with Gasteiger partial charge in [-0.05, 0) is 86.3 Å². The standard InChI is InChI=1S/C36H30O3S/c1-2-9-31(40-36(38)34-32-14-7-5-12-27(32)22-28-13-6-8-15-33(28)34)18-19-39-35(37)29-17-16-26-20-24-10-3-4-11-25(24)21-30(26)23-29/h3-8,10-17,20-23,31H,2,9,18-19H2,1H3/t31-/m1/s1. The second kappa shape index (κ2) is 11.5. The Bertz CT molecular complexity index is 1820. The molecular weight excluding hydrogens is 512 g/mol. The summed E-state index contributed by atoms with van der Waals surface area (Å²) in [6, 6.07) is 36.5. The molecule has 0 spiro atoms. The number of benzene rings is 6. The van der Waals surface area contributed by atoms with Crippen molar-refractivity contribution in [3.05, 3.63) is 120 Å². The van der Waals surface area contributed by atoms with E-state index in [4.69, 9.17) is 4.74 Å². The summed E-state index contributed by atoms with van der Waals surface area (Å²) < 4.78 is 5.71. The molecule has 3 nitrogen and oxygen atoms in total. The van der Waals surface area contributed by atoms with Gasteiger partial charge in [-0.2, -0.15) is 0 Å². The van der Waals surface area contributed by atoms with E-state index in [1.165, 1.54) is 17.1 Å². The van der Waals surface area contributed by atoms with E-state index in [1.807, 2.05) is 66.7 Å². The third-order valence-corrected chi connectivity index (χ3v) is 8.70. The van der Waals surface area contributed by atoms with Crippen molar-refractivity contribution in [3.8, 4) is 0 Å². The smallest absolute Gasteiger partial charge is 0.338 e. The number of hydrogen-bond donors (Lipinski definition) is 0. The lowest BCUT2D eigenvalue weighted by Gasteiger charge is -2.17. The van der Waals surface area contributed by atoms with Crippen LogP contribution in [0, 0.1) is 0 Å². The molecule has 6 aromatic rings. The highest BCUT2D eigenvalue weighted by molar-refractivity contribution is 8.14. The molecule has 0 fully saturated rings. The molecule has 40 heavy (non-hydrogen) atoms. The largest absolute Gasteiger partial charge is 0.462 e. The first kappa shape index (κ1) is 26.1. The third kappa shape index (κ3) is 5.32. The van der Waals surface area contributed by atoms with E-state index in [0.717, 1.165) is 56.1 Å². The number of carbonyl (C=O) groups excluding carboxylic acids is 2. The first-order chi connectivity index (χ1) is 19.6. The summed E-state index contributed by atoms with van der Waals surface area (Å²) in [6.07, 6.45) is 2.45. The average molecular weight is 543 g/mol. The van der Waals surface area contributed by atoms with Crippen LogP contribution in [0.5, 0.6) is 0 Å². The van der Waals surface area contributed by atoms with Gasteiger partial charge < -0.3 is 4.74 Å². The van der Waals surface area contributed by atoms with Crippen molar-refractivity contribution in [3.63, 3.8) is 0 Å². The Morgan fingerprint density at radius 2 is 1.20 bits per heavy atom. The molecule has 0 saturated heterocycles. The predicted octanol–water partition coefficient (Wildman–Crippen LogP) is 9.59. The van der Waals surface area contributed by atoms with Crippen LogP contribution in [-0.2, 0) is 4.74 Å². The van der Waals surface area contributed by atoms with E-state index >= 15 is 0 Å². The van der Waals surface area contributed by atoms with Crippen LogP contribution >= 0.6 is 11.8 Å². The molecule has 0 amide bonds. The van der Waals surface area contributed by atoms with Gasteiger partial charge in [0.2, 0.25) is 5.12 Å². The molecule has 198 valence electrons. The fourth-order valence-electron chi connectivity index (χ4n) is 5.46. The van der Waals surface area contributed by atoms with E-state index in [0.29, 0.717) is 12.0 Å². The molecule has 0 aliphatic heterocycles. The average Bonchev–Trinajstić information content (AvgIpc) is 2.98. The fraction of sp³-hybridized carbons (Fsp3) is 0.167. The van der Waals surface area contributed by atoms with Gasteiger partial charge in [-0.3, -0.25) is 4.79 Å². The number of carbonyl (C=O) groups is 2. The molecule has 0 bridgehead atoms. The van der Waals surface area contributed by atoms with Gasteiger partial charge in [-0.1, -0.05) is 104 Å². The first-order valence-electron chi connectivity index (χ1n) is 13.8. The minimum Gasteiger partial charge on any atom is -0.462 e. The molecule has 0 heterocycles. The lowest BCUT2D eigenvalue weighted by Crippen LogP contribution is -2.14. The first-order valence-corrected chi connectivity index (χ1v) is 14.7. The summed E-state index contributed by atoms with van der Waals surface area (Å²) in [5, 5.41) is 8.64. The molecular formula is C36H30O3S. The summed E-state index contributed by atoms with van der Waals surface area (Å²) in [6.45, 7) is 2.39. The Morgan fingerprint density at radius 1 is 0.650 bits per heavy atom. The van der Waals surface area contributed by atoms with Crippen molar-refractivity contribution < 1.29 is 14.3 Å². The zero-order valence-electron chi connectivity index (χ0n) is 22.4. The number of hydrogen-bond acceptors (Lipinski definition) is 4. The Morgan fingerprint density at radius 3 is 1.85 bits per heavy atom. The van der Waals surface area contributed by atoms with Gasteiger partial charge in [0.05, 0.1) is 12.2 Å². The molecule has 1 atom stereocenters. The summed E-state index contributed by atoms with van der Waals surface area (Å²) in [5.41, 5.74) is 1.31. The Hall–Kier alpha value is -4.15. The van der Waals surface area contributed by atoms with Gasteiger partial charge >= 0.3 is 5.97 Å². The minimum absolute atomic E-state index is 0.0611. The van der Waals surface area contributed by atoms with Crippen molar-refractivity contribution >= 4 is 65.9 Å². The minimum atomic E-state index is -0.332. The highest BCUT2D eigenvalue weighted by Gasteiger charge is 2.21. The molecule has 4 heteroatoms. The van der Waals surface area contributed by atoms with Crippen LogP contribution in [0.25, 0.3) is 43.1 Å². The summed E-state index contributed by atoms with van der Waals surface area (Å²) in [7, 11) is 0. The summed E-state index contributed by atoms with van der Waals surface area (Å²) in [5.74, 6) is -0.332. The highest BCUT2D eigenvalue weighted by Crippen LogP contribution is 2.34. The van der Waals surface area contributed by atoms with Crippen molar-refractivity contribution in [2.24, 2.45) is 0 Å². The normalized spacial score (nSPS) is 12.2. The number of ether oxygens (including phenoxy) is 1. The molecule has 0 N–H and O–H groups in total. The lowest BCUT2D eigenvalue weighted by molar-refractivity contribution is 0.0500. The molecule has 6 aromatic carbocycles. The maximum Gasteiger partial charge on any atom is 0.338 e. The monoisotopic (exact) mass is 542 g/mol. The summed E-state index contributed by atoms with van der Waals surface area (Å²) >= 11 is 1.37. The zero-order valence-corrected chi connectivity index (χ0v) is 23.2. The number of thioether (sulfide) groups is 1. The van der Waals surface area contributed by atoms with Gasteiger partial charge in [0, 0.05) is 10.8 Å². The predicted molar refractivity (Wildman–Crippen MR) is 168 cm³/mol. The van der Waals surface area contributed by atoms with Crippen molar-refractivity contribution in [1.82, 2.24) is 0 Å². The molecule has 0 saturated carbocycles. The Labute approximate surface area is 238 Å². The molecule has 0 aliphatic carbocycles. The SMILES string of the molecule is CCC[C@H](CCOC(=O)c1ccc2cc3ccccc3cc2c1)SC(=O)c1c2ccccc2cc2ccccc12. The zero-order chi connectivity index (χ0) is 27.5. The second-order valence-electron chi connectivity index (χ2n) is 10.2. The van der Waals surface area contributed by atoms with Crippen LogP contribution in [0.2, 0.25) is 0 Å². The maximum absolute atomic E-state index is 13.7. The fourth-order valence-corrected chi connectivity index (χ4v) is 6.67. The van der Waals surface area contributed by atoms with E-state index in [1.54, 1.807) is 0 Å². The number of rotatable bonds is 8. The van der Waals surface area contributed by atoms with Gasteiger partial charge in [0.1, 0.15) is 0 Å². The summed E-state index contributed by atoms with van der Waals surface area (Å²) in [4.78, 5) is 26.7. The van der Waals surface area contributed by atoms with Crippen molar-refractivity contribution in [2.45, 2.75) is 31.4 Å². The second-order valence-corrected chi connectivity index (χ2v) is 11.5. The molecule has 0 aliphatic rings. The van der Waals surface area contributed by atoms with E-state index in [-0.39, 0.29) is 22.9 Å². The van der Waals surface area contributed by atoms with Crippen LogP contribution in [-0.4, -0.2) is 22.9 Å². The maximum atomic E-state index is 13.7. The Balaban J connectivity index is 1.16. The number of esters is 1. The van der Waals surface area contributed by atoms with Crippen molar-refractivity contribution in [2.75, 3.05) is 6.61 Å². The molecule has 0 radical (unpaired) electrons. The topological polar surface area (TPSA) is 43.4 Å². The van der Waals surface area contributed by atoms with Crippen LogP contribution in [0.4, 0.5) is 0 Å². The van der Waals surface area contributed by atoms with Gasteiger partial charge in [-0.25, -0.2) is 4.79 Å².